The molecule has 3 rings (SSSR count). The lowest BCUT2D eigenvalue weighted by Gasteiger charge is -2.40. The second-order valence-electron chi connectivity index (χ2n) is 7.30. The number of aryl methyl sites for hydroxylation is 1. The molecule has 116 valence electrons. The molecular formula is C20H31N. The van der Waals surface area contributed by atoms with Gasteiger partial charge in [-0.1, -0.05) is 51.0 Å². The maximum Gasteiger partial charge on any atom is 0.0164 e. The highest BCUT2D eigenvalue weighted by molar-refractivity contribution is 5.34. The van der Waals surface area contributed by atoms with Crippen molar-refractivity contribution in [3.8, 4) is 0 Å². The molecule has 0 bridgehead atoms. The van der Waals surface area contributed by atoms with Gasteiger partial charge >= 0.3 is 0 Å². The van der Waals surface area contributed by atoms with Crippen LogP contribution in [-0.2, 0) is 6.42 Å². The number of hydrogen-bond acceptors (Lipinski definition) is 1. The lowest BCUT2D eigenvalue weighted by molar-refractivity contribution is 0.202. The number of fused-ring (bicyclic) bond motifs is 1. The van der Waals surface area contributed by atoms with Gasteiger partial charge in [-0.15, -0.1) is 0 Å². The largest absolute Gasteiger partial charge is 0.313 e. The highest BCUT2D eigenvalue weighted by Crippen LogP contribution is 2.40. The first-order valence-corrected chi connectivity index (χ1v) is 9.10. The van der Waals surface area contributed by atoms with Gasteiger partial charge in [-0.25, -0.2) is 0 Å². The van der Waals surface area contributed by atoms with Gasteiger partial charge in [0.2, 0.25) is 0 Å². The van der Waals surface area contributed by atoms with Crippen LogP contribution in [0.4, 0.5) is 0 Å². The minimum Gasteiger partial charge on any atom is -0.313 e. The highest BCUT2D eigenvalue weighted by Gasteiger charge is 2.34. The van der Waals surface area contributed by atoms with Gasteiger partial charge in [0.25, 0.3) is 0 Å². The lowest BCUT2D eigenvalue weighted by Crippen LogP contribution is -2.43. The van der Waals surface area contributed by atoms with Gasteiger partial charge in [-0.2, -0.15) is 0 Å². The first kappa shape index (κ1) is 15.1. The van der Waals surface area contributed by atoms with Gasteiger partial charge in [0.05, 0.1) is 0 Å². The molecule has 2 unspecified atom stereocenters. The van der Waals surface area contributed by atoms with Crippen LogP contribution in [0, 0.1) is 11.8 Å². The molecule has 0 aliphatic heterocycles. The van der Waals surface area contributed by atoms with Gasteiger partial charge < -0.3 is 5.32 Å². The van der Waals surface area contributed by atoms with E-state index < -0.39 is 0 Å². The molecule has 21 heavy (non-hydrogen) atoms. The van der Waals surface area contributed by atoms with Crippen LogP contribution in [0.2, 0.25) is 0 Å². The van der Waals surface area contributed by atoms with Gasteiger partial charge in [-0.05, 0) is 67.5 Å². The van der Waals surface area contributed by atoms with Gasteiger partial charge in [0.15, 0.2) is 0 Å². The van der Waals surface area contributed by atoms with Crippen LogP contribution in [0.5, 0.6) is 0 Å². The van der Waals surface area contributed by atoms with Gasteiger partial charge in [0.1, 0.15) is 0 Å². The molecule has 1 heteroatoms. The van der Waals surface area contributed by atoms with Crippen LogP contribution in [0.3, 0.4) is 0 Å². The van der Waals surface area contributed by atoms with Crippen molar-refractivity contribution in [2.45, 2.75) is 70.8 Å². The quantitative estimate of drug-likeness (QED) is 0.828. The number of likely N-dealkylation sites (N-methyl/N-ethyl adjacent to an activating group) is 1. The summed E-state index contributed by atoms with van der Waals surface area (Å²) >= 11 is 0. The maximum atomic E-state index is 3.88. The molecule has 2 aliphatic rings. The normalized spacial score (nSPS) is 30.7. The topological polar surface area (TPSA) is 12.0 Å². The molecule has 0 spiro atoms. The van der Waals surface area contributed by atoms with E-state index in [1.54, 1.807) is 11.1 Å². The summed E-state index contributed by atoms with van der Waals surface area (Å²) in [5.41, 5.74) is 3.26. The Morgan fingerprint density at radius 3 is 2.62 bits per heavy atom. The van der Waals surface area contributed by atoms with Gasteiger partial charge in [0, 0.05) is 6.04 Å². The fourth-order valence-electron chi connectivity index (χ4n) is 4.68. The Hall–Kier alpha value is -0.820. The minimum atomic E-state index is 0.698. The second-order valence-corrected chi connectivity index (χ2v) is 7.30. The summed E-state index contributed by atoms with van der Waals surface area (Å²) in [7, 11) is 0. The minimum absolute atomic E-state index is 0.698. The Bertz CT molecular complexity index is 445. The first-order valence-electron chi connectivity index (χ1n) is 9.10. The van der Waals surface area contributed by atoms with Crippen molar-refractivity contribution in [3.63, 3.8) is 0 Å². The summed E-state index contributed by atoms with van der Waals surface area (Å²) < 4.78 is 0. The number of rotatable bonds is 4. The Morgan fingerprint density at radius 1 is 1.10 bits per heavy atom. The molecule has 0 heterocycles. The molecule has 0 aromatic heterocycles. The summed E-state index contributed by atoms with van der Waals surface area (Å²) in [6.45, 7) is 5.80. The van der Waals surface area contributed by atoms with Crippen molar-refractivity contribution in [1.82, 2.24) is 5.32 Å². The van der Waals surface area contributed by atoms with E-state index in [2.05, 4.69) is 43.4 Å². The van der Waals surface area contributed by atoms with Crippen molar-refractivity contribution in [1.29, 1.82) is 0 Å². The molecule has 2 atom stereocenters. The maximum absolute atomic E-state index is 3.88. The zero-order valence-electron chi connectivity index (χ0n) is 13.8. The average Bonchev–Trinajstić information content (AvgIpc) is 2.53. The van der Waals surface area contributed by atoms with Crippen molar-refractivity contribution >= 4 is 0 Å². The Labute approximate surface area is 130 Å². The summed E-state index contributed by atoms with van der Waals surface area (Å²) in [6.07, 6.45) is 9.75. The van der Waals surface area contributed by atoms with E-state index in [1.807, 2.05) is 0 Å². The summed E-state index contributed by atoms with van der Waals surface area (Å²) in [4.78, 5) is 0. The van der Waals surface area contributed by atoms with E-state index in [0.717, 1.165) is 24.3 Å². The van der Waals surface area contributed by atoms with Crippen molar-refractivity contribution < 1.29 is 0 Å². The van der Waals surface area contributed by atoms with Crippen LogP contribution in [0.15, 0.2) is 24.3 Å². The van der Waals surface area contributed by atoms with Crippen LogP contribution in [0.25, 0.3) is 0 Å². The zero-order chi connectivity index (χ0) is 14.7. The van der Waals surface area contributed by atoms with Crippen molar-refractivity contribution in [3.05, 3.63) is 35.4 Å². The summed E-state index contributed by atoms with van der Waals surface area (Å²) in [6, 6.07) is 9.90. The molecule has 1 aromatic rings. The fraction of sp³-hybridized carbons (Fsp3) is 0.700. The van der Waals surface area contributed by atoms with Crippen molar-refractivity contribution in [2.75, 3.05) is 6.54 Å². The Kier molecular flexibility index (Phi) is 5.00. The van der Waals surface area contributed by atoms with E-state index in [-0.39, 0.29) is 0 Å². The lowest BCUT2D eigenvalue weighted by atomic mass is 9.70. The SMILES string of the molecule is CCNC(C1CCC(C)CC1)C1CCCc2ccccc21. The molecule has 1 fully saturated rings. The van der Waals surface area contributed by atoms with Crippen molar-refractivity contribution in [2.24, 2.45) is 11.8 Å². The Morgan fingerprint density at radius 2 is 1.86 bits per heavy atom. The third-order valence-electron chi connectivity index (χ3n) is 5.86. The van der Waals surface area contributed by atoms with Gasteiger partial charge in [-0.3, -0.25) is 0 Å². The standard InChI is InChI=1S/C20H31N/c1-3-21-20(17-13-11-15(2)12-14-17)19-10-6-8-16-7-4-5-9-18(16)19/h4-5,7,9,15,17,19-21H,3,6,8,10-14H2,1-2H3. The average molecular weight is 285 g/mol. The smallest absolute Gasteiger partial charge is 0.0164 e. The predicted molar refractivity (Wildman–Crippen MR) is 90.7 cm³/mol. The second kappa shape index (κ2) is 6.96. The van der Waals surface area contributed by atoms with E-state index >= 15 is 0 Å². The summed E-state index contributed by atoms with van der Waals surface area (Å²) in [5.74, 6) is 2.58. The van der Waals surface area contributed by atoms with E-state index in [4.69, 9.17) is 0 Å². The van der Waals surface area contributed by atoms with E-state index in [9.17, 15) is 0 Å². The molecule has 2 aliphatic carbocycles. The monoisotopic (exact) mass is 285 g/mol. The third-order valence-corrected chi connectivity index (χ3v) is 5.86. The van der Waals surface area contributed by atoms with E-state index in [0.29, 0.717) is 6.04 Å². The molecule has 1 nitrogen and oxygen atoms in total. The number of benzene rings is 1. The molecule has 0 saturated heterocycles. The number of nitrogens with one attached hydrogen (secondary N) is 1. The van der Waals surface area contributed by atoms with Crippen LogP contribution < -0.4 is 5.32 Å². The van der Waals surface area contributed by atoms with E-state index in [1.165, 1.54) is 44.9 Å². The number of hydrogen-bond donors (Lipinski definition) is 1. The first-order chi connectivity index (χ1) is 10.3. The molecule has 1 saturated carbocycles. The van der Waals surface area contributed by atoms with Crippen LogP contribution >= 0.6 is 0 Å². The molecular weight excluding hydrogens is 254 g/mol. The molecule has 0 amide bonds. The summed E-state index contributed by atoms with van der Waals surface area (Å²) in [5, 5.41) is 3.88. The molecule has 0 radical (unpaired) electrons. The zero-order valence-corrected chi connectivity index (χ0v) is 13.8. The highest BCUT2D eigenvalue weighted by atomic mass is 14.9. The molecule has 1 aromatic carbocycles. The third kappa shape index (κ3) is 3.34. The molecule has 1 N–H and O–H groups in total. The van der Waals surface area contributed by atoms with Crippen LogP contribution in [0.1, 0.15) is 69.4 Å². The predicted octanol–water partition coefficient (Wildman–Crippen LogP) is 4.91. The fourth-order valence-corrected chi connectivity index (χ4v) is 4.68. The van der Waals surface area contributed by atoms with Crippen LogP contribution in [-0.4, -0.2) is 12.6 Å². The Balaban J connectivity index is 1.81.